The van der Waals surface area contributed by atoms with Crippen molar-refractivity contribution >= 4 is 23.4 Å². The van der Waals surface area contributed by atoms with Gasteiger partial charge in [-0.25, -0.2) is 0 Å². The Labute approximate surface area is 128 Å². The van der Waals surface area contributed by atoms with E-state index in [1.165, 1.54) is 0 Å². The highest BCUT2D eigenvalue weighted by Crippen LogP contribution is 2.45. The normalized spacial score (nSPS) is 20.9. The highest BCUT2D eigenvalue weighted by Gasteiger charge is 2.37. The molecule has 4 heteroatoms. The predicted octanol–water partition coefficient (Wildman–Crippen LogP) is 3.40. The van der Waals surface area contributed by atoms with Crippen molar-refractivity contribution in [3.8, 4) is 0 Å². The van der Waals surface area contributed by atoms with Crippen molar-refractivity contribution in [3.63, 3.8) is 0 Å². The van der Waals surface area contributed by atoms with Crippen molar-refractivity contribution in [1.82, 2.24) is 5.32 Å². The van der Waals surface area contributed by atoms with Crippen LogP contribution in [0.15, 0.2) is 47.4 Å². The number of halogens is 1. The number of rotatable bonds is 2. The number of aliphatic hydroxyl groups is 1. The SMILES string of the molecule is CNCC1(O)c2ccccc2CSc2c(Cl)cccc21. The largest absolute Gasteiger partial charge is 0.379 e. The van der Waals surface area contributed by atoms with Crippen LogP contribution in [0.3, 0.4) is 0 Å². The third-order valence-electron chi connectivity index (χ3n) is 3.68. The third kappa shape index (κ3) is 2.15. The average Bonchev–Trinajstić information content (AvgIpc) is 2.57. The molecule has 2 aromatic carbocycles. The molecule has 104 valence electrons. The maximum Gasteiger partial charge on any atom is 0.128 e. The maximum absolute atomic E-state index is 11.3. The number of nitrogens with one attached hydrogen (secondary N) is 1. The van der Waals surface area contributed by atoms with Gasteiger partial charge in [0.15, 0.2) is 0 Å². The van der Waals surface area contributed by atoms with Crippen LogP contribution < -0.4 is 5.32 Å². The Bertz CT molecular complexity index is 646. The first kappa shape index (κ1) is 14.0. The van der Waals surface area contributed by atoms with E-state index in [1.807, 2.05) is 43.4 Å². The minimum absolute atomic E-state index is 0.456. The van der Waals surface area contributed by atoms with Gasteiger partial charge in [-0.3, -0.25) is 0 Å². The fraction of sp³-hybridized carbons (Fsp3) is 0.250. The van der Waals surface area contributed by atoms with Crippen molar-refractivity contribution in [1.29, 1.82) is 0 Å². The van der Waals surface area contributed by atoms with E-state index in [4.69, 9.17) is 11.6 Å². The van der Waals surface area contributed by atoms with Crippen molar-refractivity contribution in [2.24, 2.45) is 0 Å². The smallest absolute Gasteiger partial charge is 0.128 e. The van der Waals surface area contributed by atoms with Crippen LogP contribution in [-0.2, 0) is 11.4 Å². The molecule has 2 nitrogen and oxygen atoms in total. The first-order chi connectivity index (χ1) is 9.66. The number of hydrogen-bond acceptors (Lipinski definition) is 3. The van der Waals surface area contributed by atoms with Gasteiger partial charge in [-0.05, 0) is 24.2 Å². The first-order valence-corrected chi connectivity index (χ1v) is 7.90. The molecule has 0 aromatic heterocycles. The van der Waals surface area contributed by atoms with Gasteiger partial charge >= 0.3 is 0 Å². The van der Waals surface area contributed by atoms with Gasteiger partial charge in [0.1, 0.15) is 5.60 Å². The molecular weight excluding hydrogens is 290 g/mol. The molecular formula is C16H16ClNOS. The van der Waals surface area contributed by atoms with Crippen LogP contribution >= 0.6 is 23.4 Å². The molecule has 20 heavy (non-hydrogen) atoms. The number of hydrogen-bond donors (Lipinski definition) is 2. The van der Waals surface area contributed by atoms with Gasteiger partial charge in [0.05, 0.1) is 5.02 Å². The van der Waals surface area contributed by atoms with E-state index < -0.39 is 5.60 Å². The van der Waals surface area contributed by atoms with Crippen LogP contribution in [0.4, 0.5) is 0 Å². The molecule has 0 bridgehead atoms. The molecule has 0 amide bonds. The second-order valence-electron chi connectivity index (χ2n) is 4.95. The van der Waals surface area contributed by atoms with E-state index in [-0.39, 0.29) is 0 Å². The quantitative estimate of drug-likeness (QED) is 0.892. The summed E-state index contributed by atoms with van der Waals surface area (Å²) in [6.07, 6.45) is 0. The van der Waals surface area contributed by atoms with Crippen LogP contribution in [0.2, 0.25) is 5.02 Å². The third-order valence-corrected chi connectivity index (χ3v) is 5.29. The van der Waals surface area contributed by atoms with Crippen molar-refractivity contribution < 1.29 is 5.11 Å². The van der Waals surface area contributed by atoms with Gasteiger partial charge in [0.25, 0.3) is 0 Å². The summed E-state index contributed by atoms with van der Waals surface area (Å²) < 4.78 is 0. The number of benzene rings is 2. The Morgan fingerprint density at radius 2 is 1.95 bits per heavy atom. The summed E-state index contributed by atoms with van der Waals surface area (Å²) in [6, 6.07) is 13.8. The van der Waals surface area contributed by atoms with E-state index in [2.05, 4.69) is 11.4 Å². The molecule has 2 aromatic rings. The molecule has 2 N–H and O–H groups in total. The predicted molar refractivity (Wildman–Crippen MR) is 84.4 cm³/mol. The summed E-state index contributed by atoms with van der Waals surface area (Å²) in [4.78, 5) is 0.975. The number of thioether (sulfide) groups is 1. The zero-order chi connectivity index (χ0) is 14.2. The molecule has 0 fully saturated rings. The van der Waals surface area contributed by atoms with Gasteiger partial charge in [-0.2, -0.15) is 0 Å². The van der Waals surface area contributed by atoms with Crippen LogP contribution in [0.5, 0.6) is 0 Å². The summed E-state index contributed by atoms with van der Waals surface area (Å²) in [6.45, 7) is 0.456. The summed E-state index contributed by atoms with van der Waals surface area (Å²) in [5, 5.41) is 15.2. The number of likely N-dealkylation sites (N-methyl/N-ethyl adjacent to an activating group) is 1. The molecule has 1 aliphatic rings. The molecule has 0 saturated heterocycles. The molecule has 1 unspecified atom stereocenters. The van der Waals surface area contributed by atoms with E-state index in [9.17, 15) is 5.11 Å². The van der Waals surface area contributed by atoms with Gasteiger partial charge in [0, 0.05) is 22.8 Å². The van der Waals surface area contributed by atoms with Gasteiger partial charge in [-0.15, -0.1) is 11.8 Å². The molecule has 3 rings (SSSR count). The Morgan fingerprint density at radius 3 is 2.75 bits per heavy atom. The lowest BCUT2D eigenvalue weighted by Gasteiger charge is -2.30. The van der Waals surface area contributed by atoms with Crippen molar-refractivity contribution in [3.05, 3.63) is 64.2 Å². The number of fused-ring (bicyclic) bond motifs is 2. The fourth-order valence-electron chi connectivity index (χ4n) is 2.77. The van der Waals surface area contributed by atoms with Crippen LogP contribution in [0, 0.1) is 0 Å². The molecule has 0 radical (unpaired) electrons. The van der Waals surface area contributed by atoms with Crippen molar-refractivity contribution in [2.45, 2.75) is 16.2 Å². The lowest BCUT2D eigenvalue weighted by molar-refractivity contribution is 0.0793. The first-order valence-electron chi connectivity index (χ1n) is 6.54. The highest BCUT2D eigenvalue weighted by atomic mass is 35.5. The van der Waals surface area contributed by atoms with E-state index >= 15 is 0 Å². The fourth-order valence-corrected chi connectivity index (χ4v) is 4.26. The monoisotopic (exact) mass is 305 g/mol. The van der Waals surface area contributed by atoms with Gasteiger partial charge in [0.2, 0.25) is 0 Å². The van der Waals surface area contributed by atoms with E-state index in [0.717, 1.165) is 27.3 Å². The van der Waals surface area contributed by atoms with Crippen LogP contribution in [-0.4, -0.2) is 18.7 Å². The van der Waals surface area contributed by atoms with Gasteiger partial charge < -0.3 is 10.4 Å². The minimum Gasteiger partial charge on any atom is -0.379 e. The van der Waals surface area contributed by atoms with E-state index in [1.54, 1.807) is 11.8 Å². The summed E-state index contributed by atoms with van der Waals surface area (Å²) in [5.41, 5.74) is 1.95. The zero-order valence-electron chi connectivity index (χ0n) is 11.2. The van der Waals surface area contributed by atoms with Gasteiger partial charge in [-0.1, -0.05) is 48.0 Å². The molecule has 1 heterocycles. The Hall–Kier alpha value is -1.00. The summed E-state index contributed by atoms with van der Waals surface area (Å²) in [7, 11) is 1.85. The average molecular weight is 306 g/mol. The zero-order valence-corrected chi connectivity index (χ0v) is 12.8. The Balaban J connectivity index is 2.28. The molecule has 1 aliphatic heterocycles. The Kier molecular flexibility index (Phi) is 3.78. The van der Waals surface area contributed by atoms with Crippen molar-refractivity contribution in [2.75, 3.05) is 13.6 Å². The van der Waals surface area contributed by atoms with Crippen LogP contribution in [0.25, 0.3) is 0 Å². The Morgan fingerprint density at radius 1 is 1.20 bits per heavy atom. The highest BCUT2D eigenvalue weighted by molar-refractivity contribution is 7.98. The summed E-state index contributed by atoms with van der Waals surface area (Å²) in [5.74, 6) is 0.818. The van der Waals surface area contributed by atoms with Crippen LogP contribution in [0.1, 0.15) is 16.7 Å². The standard InChI is InChI=1S/C16H16ClNOS/c1-18-10-16(19)12-6-3-2-5-11(12)9-20-15-13(16)7-4-8-14(15)17/h2-8,18-19H,9-10H2,1H3. The lowest BCUT2D eigenvalue weighted by atomic mass is 9.84. The molecule has 0 saturated carbocycles. The maximum atomic E-state index is 11.3. The lowest BCUT2D eigenvalue weighted by Crippen LogP contribution is -2.38. The minimum atomic E-state index is -1.05. The molecule has 0 spiro atoms. The second-order valence-corrected chi connectivity index (χ2v) is 6.35. The van der Waals surface area contributed by atoms with E-state index in [0.29, 0.717) is 11.6 Å². The molecule has 0 aliphatic carbocycles. The summed E-state index contributed by atoms with van der Waals surface area (Å²) >= 11 is 8.02. The second kappa shape index (κ2) is 5.41. The topological polar surface area (TPSA) is 32.3 Å². The molecule has 1 atom stereocenters.